The van der Waals surface area contributed by atoms with E-state index in [9.17, 15) is 5.11 Å². The summed E-state index contributed by atoms with van der Waals surface area (Å²) in [6.07, 6.45) is 3.77. The first-order valence-corrected chi connectivity index (χ1v) is 7.31. The van der Waals surface area contributed by atoms with E-state index in [2.05, 4.69) is 20.6 Å². The number of aliphatic hydroxyl groups excluding tert-OH is 1. The quantitative estimate of drug-likeness (QED) is 0.737. The second-order valence-corrected chi connectivity index (χ2v) is 5.04. The molecule has 1 heterocycles. The van der Waals surface area contributed by atoms with E-state index in [1.165, 1.54) is 0 Å². The summed E-state index contributed by atoms with van der Waals surface area (Å²) >= 11 is 0. The van der Waals surface area contributed by atoms with Gasteiger partial charge in [0.1, 0.15) is 18.2 Å². The lowest BCUT2D eigenvalue weighted by Crippen LogP contribution is -2.36. The van der Waals surface area contributed by atoms with Crippen molar-refractivity contribution >= 4 is 11.6 Å². The van der Waals surface area contributed by atoms with Gasteiger partial charge in [-0.25, -0.2) is 9.97 Å². The Morgan fingerprint density at radius 3 is 2.75 bits per heavy atom. The van der Waals surface area contributed by atoms with Crippen LogP contribution in [0.4, 0.5) is 11.6 Å². The van der Waals surface area contributed by atoms with Gasteiger partial charge in [0.25, 0.3) is 0 Å². The maximum Gasteiger partial charge on any atom is 0.158 e. The Balaban J connectivity index is 2.08. The first-order chi connectivity index (χ1) is 9.72. The Kier molecular flexibility index (Phi) is 5.55. The molecule has 6 nitrogen and oxygen atoms in total. The molecule has 0 aliphatic heterocycles. The van der Waals surface area contributed by atoms with Crippen molar-refractivity contribution in [3.05, 3.63) is 11.9 Å². The van der Waals surface area contributed by atoms with E-state index in [4.69, 9.17) is 4.74 Å². The van der Waals surface area contributed by atoms with Gasteiger partial charge in [-0.15, -0.1) is 0 Å². The smallest absolute Gasteiger partial charge is 0.158 e. The Labute approximate surface area is 120 Å². The summed E-state index contributed by atoms with van der Waals surface area (Å²) in [5, 5.41) is 16.4. The van der Waals surface area contributed by atoms with Crippen molar-refractivity contribution in [3.8, 4) is 0 Å². The maximum atomic E-state index is 10.0. The number of anilines is 2. The summed E-state index contributed by atoms with van der Waals surface area (Å²) in [6, 6.07) is 1.93. The molecule has 1 fully saturated rings. The number of ether oxygens (including phenoxy) is 1. The van der Waals surface area contributed by atoms with E-state index in [0.717, 1.165) is 37.3 Å². The highest BCUT2D eigenvalue weighted by Crippen LogP contribution is 2.22. The topological polar surface area (TPSA) is 79.3 Å². The van der Waals surface area contributed by atoms with Gasteiger partial charge < -0.3 is 20.5 Å². The van der Waals surface area contributed by atoms with E-state index in [1.807, 2.05) is 20.0 Å². The number of aliphatic hydroxyl groups is 1. The summed E-state index contributed by atoms with van der Waals surface area (Å²) < 4.78 is 5.36. The third-order valence-electron chi connectivity index (χ3n) is 3.53. The van der Waals surface area contributed by atoms with Crippen molar-refractivity contribution in [1.29, 1.82) is 0 Å². The Hall–Kier alpha value is -1.40. The molecule has 6 heteroatoms. The molecule has 1 aliphatic rings. The fraction of sp³-hybridized carbons (Fsp3) is 0.714. The van der Waals surface area contributed by atoms with Gasteiger partial charge in [-0.05, 0) is 19.8 Å². The van der Waals surface area contributed by atoms with Gasteiger partial charge >= 0.3 is 0 Å². The second kappa shape index (κ2) is 7.40. The second-order valence-electron chi connectivity index (χ2n) is 5.04. The van der Waals surface area contributed by atoms with Gasteiger partial charge in [-0.2, -0.15) is 0 Å². The first-order valence-electron chi connectivity index (χ1n) is 7.31. The molecule has 0 amide bonds. The van der Waals surface area contributed by atoms with Crippen molar-refractivity contribution < 1.29 is 9.84 Å². The lowest BCUT2D eigenvalue weighted by Gasteiger charge is -2.28. The first kappa shape index (κ1) is 15.0. The van der Waals surface area contributed by atoms with Gasteiger partial charge in [0.15, 0.2) is 5.82 Å². The van der Waals surface area contributed by atoms with Gasteiger partial charge in [-0.3, -0.25) is 0 Å². The summed E-state index contributed by atoms with van der Waals surface area (Å²) in [7, 11) is 1.83. The van der Waals surface area contributed by atoms with E-state index in [0.29, 0.717) is 19.0 Å². The normalized spacial score (nSPS) is 22.6. The average Bonchev–Trinajstić information content (AvgIpc) is 2.47. The standard InChI is InChI=1S/C14H24N4O2/c1-3-20-9-14-17-12(15-2)8-13(18-14)16-10-6-4-5-7-11(10)19/h8,10-11,19H,3-7,9H2,1-2H3,(H2,15,16,17,18). The van der Waals surface area contributed by atoms with Crippen molar-refractivity contribution in [3.63, 3.8) is 0 Å². The zero-order valence-electron chi connectivity index (χ0n) is 12.2. The van der Waals surface area contributed by atoms with Crippen LogP contribution in [-0.4, -0.2) is 40.9 Å². The van der Waals surface area contributed by atoms with Crippen molar-refractivity contribution in [2.45, 2.75) is 51.4 Å². The van der Waals surface area contributed by atoms with E-state index in [1.54, 1.807) is 0 Å². The molecule has 2 unspecified atom stereocenters. The molecule has 0 bridgehead atoms. The average molecular weight is 280 g/mol. The van der Waals surface area contributed by atoms with Crippen LogP contribution in [0.2, 0.25) is 0 Å². The summed E-state index contributed by atoms with van der Waals surface area (Å²) in [4.78, 5) is 8.80. The minimum atomic E-state index is -0.299. The lowest BCUT2D eigenvalue weighted by atomic mass is 9.92. The molecule has 0 aromatic carbocycles. The van der Waals surface area contributed by atoms with Gasteiger partial charge in [0.05, 0.1) is 12.1 Å². The van der Waals surface area contributed by atoms with Crippen LogP contribution in [0.1, 0.15) is 38.4 Å². The van der Waals surface area contributed by atoms with Gasteiger partial charge in [0.2, 0.25) is 0 Å². The third kappa shape index (κ3) is 4.05. The highest BCUT2D eigenvalue weighted by Gasteiger charge is 2.23. The fourth-order valence-corrected chi connectivity index (χ4v) is 2.43. The molecule has 0 radical (unpaired) electrons. The largest absolute Gasteiger partial charge is 0.391 e. The zero-order valence-corrected chi connectivity index (χ0v) is 12.2. The van der Waals surface area contributed by atoms with Crippen LogP contribution in [0.15, 0.2) is 6.07 Å². The Morgan fingerprint density at radius 1 is 1.30 bits per heavy atom. The molecular weight excluding hydrogens is 256 g/mol. The number of nitrogens with one attached hydrogen (secondary N) is 2. The monoisotopic (exact) mass is 280 g/mol. The van der Waals surface area contributed by atoms with Crippen LogP contribution in [0.3, 0.4) is 0 Å². The number of rotatable bonds is 6. The number of hydrogen-bond acceptors (Lipinski definition) is 6. The molecule has 0 spiro atoms. The van der Waals surface area contributed by atoms with Crippen LogP contribution in [-0.2, 0) is 11.3 Å². The highest BCUT2D eigenvalue weighted by atomic mass is 16.5. The van der Waals surface area contributed by atoms with Crippen LogP contribution in [0.5, 0.6) is 0 Å². The summed E-state index contributed by atoms with van der Waals surface area (Å²) in [5.41, 5.74) is 0. The maximum absolute atomic E-state index is 10.0. The molecule has 3 N–H and O–H groups in total. The van der Waals surface area contributed by atoms with Crippen LogP contribution in [0.25, 0.3) is 0 Å². The van der Waals surface area contributed by atoms with E-state index < -0.39 is 0 Å². The minimum absolute atomic E-state index is 0.0725. The minimum Gasteiger partial charge on any atom is -0.391 e. The van der Waals surface area contributed by atoms with E-state index >= 15 is 0 Å². The third-order valence-corrected chi connectivity index (χ3v) is 3.53. The van der Waals surface area contributed by atoms with Crippen molar-refractivity contribution in [1.82, 2.24) is 9.97 Å². The molecule has 112 valence electrons. The molecule has 2 atom stereocenters. The van der Waals surface area contributed by atoms with Gasteiger partial charge in [0, 0.05) is 19.7 Å². The molecule has 1 aromatic heterocycles. The molecule has 2 rings (SSSR count). The predicted molar refractivity (Wildman–Crippen MR) is 78.8 cm³/mol. The number of hydrogen-bond donors (Lipinski definition) is 3. The summed E-state index contributed by atoms with van der Waals surface area (Å²) in [5.74, 6) is 2.14. The Morgan fingerprint density at radius 2 is 2.05 bits per heavy atom. The van der Waals surface area contributed by atoms with Gasteiger partial charge in [-0.1, -0.05) is 12.8 Å². The molecule has 1 aliphatic carbocycles. The van der Waals surface area contributed by atoms with Crippen LogP contribution in [0, 0.1) is 0 Å². The number of nitrogens with zero attached hydrogens (tertiary/aromatic N) is 2. The summed E-state index contributed by atoms with van der Waals surface area (Å²) in [6.45, 7) is 2.98. The molecule has 20 heavy (non-hydrogen) atoms. The zero-order chi connectivity index (χ0) is 14.4. The SMILES string of the molecule is CCOCc1nc(NC)cc(NC2CCCCC2O)n1. The highest BCUT2D eigenvalue weighted by molar-refractivity contribution is 5.47. The molecule has 1 aromatic rings. The fourth-order valence-electron chi connectivity index (χ4n) is 2.43. The van der Waals surface area contributed by atoms with Crippen LogP contribution >= 0.6 is 0 Å². The number of aromatic nitrogens is 2. The molecular formula is C14H24N4O2. The van der Waals surface area contributed by atoms with Crippen molar-refractivity contribution in [2.75, 3.05) is 24.3 Å². The van der Waals surface area contributed by atoms with Crippen molar-refractivity contribution in [2.24, 2.45) is 0 Å². The lowest BCUT2D eigenvalue weighted by molar-refractivity contribution is 0.116. The Bertz CT molecular complexity index is 428. The predicted octanol–water partition coefficient (Wildman–Crippen LogP) is 1.77. The molecule has 1 saturated carbocycles. The van der Waals surface area contributed by atoms with Crippen LogP contribution < -0.4 is 10.6 Å². The molecule has 0 saturated heterocycles. The van der Waals surface area contributed by atoms with E-state index in [-0.39, 0.29) is 12.1 Å².